The standard InChI is InChI=1S/C28H32N6O2/c1-20-6-2-7-21(16-20)27-30-18-26(32-27)25-11-12-29-28(33-25)31-22-8-3-10-24(17-22)36-15-5-14-34-13-4-9-23(34)19-35/h2-3,6-8,10-12,16-18,23,35H,4-5,9,13-15,19H2,1H3,(H,30,32)(H,29,31,33)/t23-/m0/s1. The van der Waals surface area contributed by atoms with Crippen LogP contribution in [0.2, 0.25) is 0 Å². The van der Waals surface area contributed by atoms with Crippen LogP contribution in [-0.2, 0) is 0 Å². The Morgan fingerprint density at radius 2 is 2.06 bits per heavy atom. The van der Waals surface area contributed by atoms with Crippen LogP contribution >= 0.6 is 0 Å². The number of nitrogens with one attached hydrogen (secondary N) is 2. The molecule has 0 amide bonds. The summed E-state index contributed by atoms with van der Waals surface area (Å²) in [5.74, 6) is 2.11. The maximum atomic E-state index is 9.47. The Bertz CT molecular complexity index is 1290. The summed E-state index contributed by atoms with van der Waals surface area (Å²) in [6, 6.07) is 18.2. The number of aromatic amines is 1. The average Bonchev–Trinajstić information content (AvgIpc) is 3.57. The maximum absolute atomic E-state index is 9.47. The van der Waals surface area contributed by atoms with E-state index >= 15 is 0 Å². The van der Waals surface area contributed by atoms with E-state index in [2.05, 4.69) is 49.2 Å². The van der Waals surface area contributed by atoms with E-state index in [9.17, 15) is 5.11 Å². The fourth-order valence-corrected chi connectivity index (χ4v) is 4.61. The van der Waals surface area contributed by atoms with Crippen molar-refractivity contribution in [2.45, 2.75) is 32.2 Å². The van der Waals surface area contributed by atoms with Crippen LogP contribution in [0.3, 0.4) is 0 Å². The second-order valence-corrected chi connectivity index (χ2v) is 9.15. The first-order valence-electron chi connectivity index (χ1n) is 12.5. The number of nitrogens with zero attached hydrogens (tertiary/aromatic N) is 4. The number of rotatable bonds is 10. The van der Waals surface area contributed by atoms with E-state index in [0.29, 0.717) is 18.6 Å². The van der Waals surface area contributed by atoms with Gasteiger partial charge in [0, 0.05) is 36.1 Å². The lowest BCUT2D eigenvalue weighted by Gasteiger charge is -2.22. The Kier molecular flexibility index (Phi) is 7.54. The van der Waals surface area contributed by atoms with Crippen molar-refractivity contribution in [2.24, 2.45) is 0 Å². The molecule has 2 aromatic carbocycles. The molecule has 0 aliphatic carbocycles. The number of ether oxygens (including phenoxy) is 1. The van der Waals surface area contributed by atoms with E-state index in [0.717, 1.165) is 66.6 Å². The summed E-state index contributed by atoms with van der Waals surface area (Å²) < 4.78 is 5.98. The SMILES string of the molecule is Cc1cccc(-c2ncc(-c3ccnc(Nc4cccc(OCCCN5CCC[C@H]5CO)c4)n3)[nH]2)c1. The average molecular weight is 485 g/mol. The van der Waals surface area contributed by atoms with Crippen molar-refractivity contribution in [1.82, 2.24) is 24.8 Å². The number of hydrogen-bond acceptors (Lipinski definition) is 7. The van der Waals surface area contributed by atoms with Crippen molar-refractivity contribution >= 4 is 11.6 Å². The predicted molar refractivity (Wildman–Crippen MR) is 141 cm³/mol. The number of anilines is 2. The molecule has 2 aromatic heterocycles. The minimum Gasteiger partial charge on any atom is -0.493 e. The van der Waals surface area contributed by atoms with Crippen LogP contribution in [0.4, 0.5) is 11.6 Å². The summed E-state index contributed by atoms with van der Waals surface area (Å²) in [7, 11) is 0. The van der Waals surface area contributed by atoms with Crippen LogP contribution < -0.4 is 10.1 Å². The summed E-state index contributed by atoms with van der Waals surface area (Å²) in [5, 5.41) is 12.7. The number of likely N-dealkylation sites (tertiary alicyclic amines) is 1. The van der Waals surface area contributed by atoms with Crippen LogP contribution in [0, 0.1) is 6.92 Å². The van der Waals surface area contributed by atoms with Gasteiger partial charge in [0.15, 0.2) is 0 Å². The van der Waals surface area contributed by atoms with Gasteiger partial charge >= 0.3 is 0 Å². The van der Waals surface area contributed by atoms with Crippen LogP contribution in [0.5, 0.6) is 5.75 Å². The van der Waals surface area contributed by atoms with E-state index in [4.69, 9.17) is 4.74 Å². The number of benzene rings is 2. The van der Waals surface area contributed by atoms with Crippen LogP contribution in [-0.4, -0.2) is 62.3 Å². The lowest BCUT2D eigenvalue weighted by molar-refractivity contribution is 0.150. The molecule has 1 atom stereocenters. The van der Waals surface area contributed by atoms with Gasteiger partial charge in [0.25, 0.3) is 0 Å². The number of aryl methyl sites for hydroxylation is 1. The molecular formula is C28H32N6O2. The number of imidazole rings is 1. The molecule has 1 aliphatic rings. The smallest absolute Gasteiger partial charge is 0.227 e. The second kappa shape index (κ2) is 11.3. The predicted octanol–water partition coefficient (Wildman–Crippen LogP) is 4.81. The normalized spacial score (nSPS) is 15.8. The molecule has 36 heavy (non-hydrogen) atoms. The topological polar surface area (TPSA) is 99.2 Å². The third-order valence-electron chi connectivity index (χ3n) is 6.46. The molecule has 3 N–H and O–H groups in total. The molecule has 1 saturated heterocycles. The summed E-state index contributed by atoms with van der Waals surface area (Å²) in [6.07, 6.45) is 6.70. The van der Waals surface area contributed by atoms with Crippen molar-refractivity contribution in [3.63, 3.8) is 0 Å². The molecule has 1 aliphatic heterocycles. The van der Waals surface area contributed by atoms with Crippen molar-refractivity contribution in [2.75, 3.05) is 31.6 Å². The van der Waals surface area contributed by atoms with Gasteiger partial charge in [0.2, 0.25) is 5.95 Å². The molecule has 0 unspecified atom stereocenters. The van der Waals surface area contributed by atoms with Crippen molar-refractivity contribution in [3.8, 4) is 28.5 Å². The van der Waals surface area contributed by atoms with Gasteiger partial charge in [-0.1, -0.05) is 29.8 Å². The molecule has 0 spiro atoms. The lowest BCUT2D eigenvalue weighted by Crippen LogP contribution is -2.33. The van der Waals surface area contributed by atoms with Crippen molar-refractivity contribution in [3.05, 3.63) is 72.6 Å². The molecule has 0 saturated carbocycles. The molecule has 0 radical (unpaired) electrons. The largest absolute Gasteiger partial charge is 0.493 e. The van der Waals surface area contributed by atoms with Gasteiger partial charge in [-0.25, -0.2) is 15.0 Å². The molecule has 0 bridgehead atoms. The Morgan fingerprint density at radius 3 is 2.94 bits per heavy atom. The molecule has 5 rings (SSSR count). The van der Waals surface area contributed by atoms with E-state index in [1.165, 1.54) is 5.56 Å². The molecule has 4 aromatic rings. The monoisotopic (exact) mass is 484 g/mol. The zero-order chi connectivity index (χ0) is 24.7. The molecule has 8 heteroatoms. The van der Waals surface area contributed by atoms with Gasteiger partial charge in [-0.3, -0.25) is 4.90 Å². The molecular weight excluding hydrogens is 452 g/mol. The summed E-state index contributed by atoms with van der Waals surface area (Å²) in [4.78, 5) is 19.3. The number of hydrogen-bond donors (Lipinski definition) is 3. The van der Waals surface area contributed by atoms with E-state index in [-0.39, 0.29) is 6.61 Å². The quantitative estimate of drug-likeness (QED) is 0.278. The second-order valence-electron chi connectivity index (χ2n) is 9.15. The summed E-state index contributed by atoms with van der Waals surface area (Å²) >= 11 is 0. The molecule has 186 valence electrons. The fourth-order valence-electron chi connectivity index (χ4n) is 4.61. The van der Waals surface area contributed by atoms with Gasteiger partial charge < -0.3 is 20.1 Å². The highest BCUT2D eigenvalue weighted by Gasteiger charge is 2.22. The van der Waals surface area contributed by atoms with Crippen molar-refractivity contribution < 1.29 is 9.84 Å². The molecule has 8 nitrogen and oxygen atoms in total. The highest BCUT2D eigenvalue weighted by molar-refractivity contribution is 5.64. The fraction of sp³-hybridized carbons (Fsp3) is 0.321. The minimum absolute atomic E-state index is 0.242. The third-order valence-corrected chi connectivity index (χ3v) is 6.46. The van der Waals surface area contributed by atoms with E-state index < -0.39 is 0 Å². The first-order chi connectivity index (χ1) is 17.7. The minimum atomic E-state index is 0.242. The zero-order valence-electron chi connectivity index (χ0n) is 20.5. The van der Waals surface area contributed by atoms with E-state index in [1.807, 2.05) is 42.5 Å². The third kappa shape index (κ3) is 5.90. The summed E-state index contributed by atoms with van der Waals surface area (Å²) in [6.45, 7) is 4.95. The summed E-state index contributed by atoms with van der Waals surface area (Å²) in [5.41, 5.74) is 4.67. The van der Waals surface area contributed by atoms with Crippen LogP contribution in [0.1, 0.15) is 24.8 Å². The van der Waals surface area contributed by atoms with E-state index in [1.54, 1.807) is 12.4 Å². The number of H-pyrrole nitrogens is 1. The Hall–Kier alpha value is -3.75. The molecule has 3 heterocycles. The number of aliphatic hydroxyl groups is 1. The van der Waals surface area contributed by atoms with Gasteiger partial charge in [0.1, 0.15) is 11.6 Å². The van der Waals surface area contributed by atoms with Crippen molar-refractivity contribution in [1.29, 1.82) is 0 Å². The maximum Gasteiger partial charge on any atom is 0.227 e. The van der Waals surface area contributed by atoms with Gasteiger partial charge in [-0.15, -0.1) is 0 Å². The Labute approximate surface area is 211 Å². The highest BCUT2D eigenvalue weighted by Crippen LogP contribution is 2.24. The Balaban J connectivity index is 1.19. The van der Waals surface area contributed by atoms with Gasteiger partial charge in [0.05, 0.1) is 30.8 Å². The van der Waals surface area contributed by atoms with Gasteiger partial charge in [-0.2, -0.15) is 0 Å². The molecule has 1 fully saturated rings. The number of aliphatic hydroxyl groups excluding tert-OH is 1. The lowest BCUT2D eigenvalue weighted by atomic mass is 10.1. The van der Waals surface area contributed by atoms with Gasteiger partial charge in [-0.05, 0) is 57.0 Å². The first kappa shape index (κ1) is 24.0. The zero-order valence-corrected chi connectivity index (χ0v) is 20.5. The highest BCUT2D eigenvalue weighted by atomic mass is 16.5. The number of aromatic nitrogens is 4. The van der Waals surface area contributed by atoms with Crippen LogP contribution in [0.25, 0.3) is 22.8 Å². The Morgan fingerprint density at radius 1 is 1.14 bits per heavy atom. The first-order valence-corrected chi connectivity index (χ1v) is 12.5. The van der Waals surface area contributed by atoms with Crippen LogP contribution in [0.15, 0.2) is 67.0 Å².